The van der Waals surface area contributed by atoms with Crippen LogP contribution in [0.4, 0.5) is 0 Å². The number of hydrogen-bond acceptors (Lipinski definition) is 5. The van der Waals surface area contributed by atoms with E-state index in [2.05, 4.69) is 10.6 Å². The molecule has 0 aromatic carbocycles. The zero-order chi connectivity index (χ0) is 15.0. The van der Waals surface area contributed by atoms with Gasteiger partial charge in [0, 0.05) is 25.4 Å². The van der Waals surface area contributed by atoms with Gasteiger partial charge in [-0.05, 0) is 0 Å². The summed E-state index contributed by atoms with van der Waals surface area (Å²) in [5.74, 6) is -1.71. The van der Waals surface area contributed by atoms with E-state index in [1.54, 1.807) is 0 Å². The summed E-state index contributed by atoms with van der Waals surface area (Å²) in [5.41, 5.74) is 10.2. The minimum atomic E-state index is -0.826. The summed E-state index contributed by atoms with van der Waals surface area (Å²) in [4.78, 5) is 43.8. The Kier molecular flexibility index (Phi) is 7.57. The number of carbonyl (C=O) groups is 4. The standard InChI is InChI=1S/C10H18N4O4S/c1-5(15)13-7(9(11)17)3-19-4-8(10(12)18)14-6(2)16/h7-8H,3-4H2,1-2H3,(H2,11,17)(H2,12,18)(H,13,15)(H,14,16)/t7-,8+. The molecular formula is C10H18N4O4S. The predicted molar refractivity (Wildman–Crippen MR) is 70.9 cm³/mol. The van der Waals surface area contributed by atoms with Crippen LogP contribution >= 0.6 is 11.8 Å². The van der Waals surface area contributed by atoms with Crippen LogP contribution in [0.15, 0.2) is 0 Å². The Hall–Kier alpha value is -1.77. The van der Waals surface area contributed by atoms with Crippen LogP contribution in [-0.2, 0) is 19.2 Å². The summed E-state index contributed by atoms with van der Waals surface area (Å²) in [6.07, 6.45) is 0. The third-order valence-corrected chi connectivity index (χ3v) is 3.15. The van der Waals surface area contributed by atoms with Crippen molar-refractivity contribution in [2.24, 2.45) is 11.5 Å². The molecule has 0 heterocycles. The average molecular weight is 290 g/mol. The maximum atomic E-state index is 11.1. The highest BCUT2D eigenvalue weighted by Crippen LogP contribution is 2.06. The molecule has 0 saturated heterocycles. The molecule has 0 radical (unpaired) electrons. The minimum Gasteiger partial charge on any atom is -0.368 e. The lowest BCUT2D eigenvalue weighted by Crippen LogP contribution is -2.47. The Morgan fingerprint density at radius 3 is 1.42 bits per heavy atom. The molecule has 0 aromatic rings. The van der Waals surface area contributed by atoms with Gasteiger partial charge >= 0.3 is 0 Å². The number of carbonyl (C=O) groups excluding carboxylic acids is 4. The van der Waals surface area contributed by atoms with E-state index in [9.17, 15) is 19.2 Å². The fraction of sp³-hybridized carbons (Fsp3) is 0.600. The monoisotopic (exact) mass is 290 g/mol. The third kappa shape index (κ3) is 8.03. The molecule has 4 amide bonds. The van der Waals surface area contributed by atoms with Gasteiger partial charge in [-0.2, -0.15) is 11.8 Å². The molecule has 6 N–H and O–H groups in total. The van der Waals surface area contributed by atoms with E-state index < -0.39 is 23.9 Å². The third-order valence-electron chi connectivity index (χ3n) is 2.01. The van der Waals surface area contributed by atoms with E-state index in [0.717, 1.165) is 0 Å². The van der Waals surface area contributed by atoms with Crippen LogP contribution in [0, 0.1) is 0 Å². The van der Waals surface area contributed by atoms with Crippen molar-refractivity contribution in [1.82, 2.24) is 10.6 Å². The van der Waals surface area contributed by atoms with Crippen molar-refractivity contribution >= 4 is 35.4 Å². The topological polar surface area (TPSA) is 144 Å². The van der Waals surface area contributed by atoms with Crippen molar-refractivity contribution in [3.63, 3.8) is 0 Å². The van der Waals surface area contributed by atoms with Crippen LogP contribution < -0.4 is 22.1 Å². The molecule has 0 aliphatic carbocycles. The second-order valence-corrected chi connectivity index (χ2v) is 4.92. The molecule has 0 aliphatic heterocycles. The summed E-state index contributed by atoms with van der Waals surface area (Å²) >= 11 is 1.18. The van der Waals surface area contributed by atoms with Crippen molar-refractivity contribution in [2.75, 3.05) is 11.5 Å². The van der Waals surface area contributed by atoms with Crippen LogP contribution in [0.25, 0.3) is 0 Å². The van der Waals surface area contributed by atoms with E-state index in [1.807, 2.05) is 0 Å². The minimum absolute atomic E-state index is 0.193. The van der Waals surface area contributed by atoms with Gasteiger partial charge in [-0.25, -0.2) is 0 Å². The van der Waals surface area contributed by atoms with E-state index in [0.29, 0.717) is 0 Å². The van der Waals surface area contributed by atoms with Crippen LogP contribution in [0.5, 0.6) is 0 Å². The highest BCUT2D eigenvalue weighted by Gasteiger charge is 2.20. The van der Waals surface area contributed by atoms with Crippen molar-refractivity contribution in [3.8, 4) is 0 Å². The summed E-state index contributed by atoms with van der Waals surface area (Å²) in [7, 11) is 0. The SMILES string of the molecule is CC(=O)N[C@@H](CSC[C@@H](NC(C)=O)C(N)=O)C(N)=O. The van der Waals surface area contributed by atoms with Gasteiger partial charge in [0.05, 0.1) is 0 Å². The highest BCUT2D eigenvalue weighted by atomic mass is 32.2. The molecule has 0 unspecified atom stereocenters. The first kappa shape index (κ1) is 17.2. The van der Waals surface area contributed by atoms with Crippen LogP contribution in [0.3, 0.4) is 0 Å². The second-order valence-electron chi connectivity index (χ2n) is 3.85. The molecule has 0 saturated carbocycles. The van der Waals surface area contributed by atoms with Crippen LogP contribution in [0.2, 0.25) is 0 Å². The van der Waals surface area contributed by atoms with Crippen LogP contribution in [0.1, 0.15) is 13.8 Å². The number of thioether (sulfide) groups is 1. The van der Waals surface area contributed by atoms with E-state index in [-0.39, 0.29) is 23.3 Å². The molecule has 0 spiro atoms. The van der Waals surface area contributed by atoms with Crippen molar-refractivity contribution in [3.05, 3.63) is 0 Å². The molecule has 0 aromatic heterocycles. The van der Waals surface area contributed by atoms with Gasteiger partial charge in [0.25, 0.3) is 0 Å². The number of rotatable bonds is 8. The molecular weight excluding hydrogens is 272 g/mol. The summed E-state index contributed by atoms with van der Waals surface area (Å²) < 4.78 is 0. The molecule has 2 atom stereocenters. The number of amides is 4. The fourth-order valence-electron chi connectivity index (χ4n) is 1.18. The Labute approximate surface area is 115 Å². The summed E-state index contributed by atoms with van der Waals surface area (Å²) in [6.45, 7) is 2.54. The first-order chi connectivity index (χ1) is 8.73. The van der Waals surface area contributed by atoms with E-state index >= 15 is 0 Å². The van der Waals surface area contributed by atoms with Crippen molar-refractivity contribution < 1.29 is 19.2 Å². The van der Waals surface area contributed by atoms with Gasteiger partial charge < -0.3 is 22.1 Å². The molecule has 108 valence electrons. The first-order valence-corrected chi connectivity index (χ1v) is 6.60. The lowest BCUT2D eigenvalue weighted by molar-refractivity contribution is -0.125. The zero-order valence-electron chi connectivity index (χ0n) is 10.8. The number of nitrogens with two attached hydrogens (primary N) is 2. The van der Waals surface area contributed by atoms with E-state index in [1.165, 1.54) is 25.6 Å². The van der Waals surface area contributed by atoms with E-state index in [4.69, 9.17) is 11.5 Å². The maximum Gasteiger partial charge on any atom is 0.240 e. The number of nitrogens with one attached hydrogen (secondary N) is 2. The molecule has 8 nitrogen and oxygen atoms in total. The first-order valence-electron chi connectivity index (χ1n) is 5.44. The average Bonchev–Trinajstić information content (AvgIpc) is 2.24. The molecule has 0 rings (SSSR count). The van der Waals surface area contributed by atoms with Crippen molar-refractivity contribution in [2.45, 2.75) is 25.9 Å². The highest BCUT2D eigenvalue weighted by molar-refractivity contribution is 7.99. The largest absolute Gasteiger partial charge is 0.368 e. The predicted octanol–water partition coefficient (Wildman–Crippen LogP) is -2.30. The number of hydrogen-bond donors (Lipinski definition) is 4. The molecule has 19 heavy (non-hydrogen) atoms. The lowest BCUT2D eigenvalue weighted by Gasteiger charge is -2.17. The van der Waals surface area contributed by atoms with Crippen molar-refractivity contribution in [1.29, 1.82) is 0 Å². The molecule has 0 bridgehead atoms. The zero-order valence-corrected chi connectivity index (χ0v) is 11.6. The molecule has 0 aliphatic rings. The lowest BCUT2D eigenvalue weighted by atomic mass is 10.3. The fourth-order valence-corrected chi connectivity index (χ4v) is 2.29. The quantitative estimate of drug-likeness (QED) is 0.397. The smallest absolute Gasteiger partial charge is 0.240 e. The Morgan fingerprint density at radius 1 is 0.895 bits per heavy atom. The van der Waals surface area contributed by atoms with Crippen LogP contribution in [-0.4, -0.2) is 47.2 Å². The molecule has 0 fully saturated rings. The Bertz CT molecular complexity index is 341. The van der Waals surface area contributed by atoms with Gasteiger partial charge in [0.2, 0.25) is 23.6 Å². The summed E-state index contributed by atoms with van der Waals surface area (Å²) in [6, 6.07) is -1.65. The Morgan fingerprint density at radius 2 is 1.21 bits per heavy atom. The van der Waals surface area contributed by atoms with Gasteiger partial charge in [0.15, 0.2) is 0 Å². The van der Waals surface area contributed by atoms with Gasteiger partial charge in [-0.3, -0.25) is 19.2 Å². The Balaban J connectivity index is 4.28. The number of primary amides is 2. The van der Waals surface area contributed by atoms with Gasteiger partial charge in [-0.1, -0.05) is 0 Å². The van der Waals surface area contributed by atoms with Gasteiger partial charge in [-0.15, -0.1) is 0 Å². The summed E-state index contributed by atoms with van der Waals surface area (Å²) in [5, 5.41) is 4.77. The van der Waals surface area contributed by atoms with Gasteiger partial charge in [0.1, 0.15) is 12.1 Å². The molecule has 9 heteroatoms. The normalized spacial score (nSPS) is 13.2. The maximum absolute atomic E-state index is 11.1. The second kappa shape index (κ2) is 8.35.